The number of aryl methyl sites for hydroxylation is 2. The van der Waals surface area contributed by atoms with E-state index in [-0.39, 0.29) is 11.1 Å². The molecule has 0 saturated carbocycles. The Morgan fingerprint density at radius 3 is 2.58 bits per heavy atom. The molecule has 0 unspecified atom stereocenters. The molecule has 0 radical (unpaired) electrons. The summed E-state index contributed by atoms with van der Waals surface area (Å²) >= 11 is 0. The maximum absolute atomic E-state index is 14.4. The molecule has 0 fully saturated rings. The molecule has 0 amide bonds. The van der Waals surface area contributed by atoms with E-state index in [1.165, 1.54) is 4.68 Å². The van der Waals surface area contributed by atoms with Crippen LogP contribution in [0.5, 0.6) is 0 Å². The SMILES string of the molecule is O=c1c2c(-c3cc(F)ccc3F)cccc2cnn1CCc1ccc2ccccc2n1. The third-order valence-electron chi connectivity index (χ3n) is 5.34. The number of aromatic nitrogens is 3. The summed E-state index contributed by atoms with van der Waals surface area (Å²) in [5.41, 5.74) is 1.79. The molecule has 6 heteroatoms. The van der Waals surface area contributed by atoms with Gasteiger partial charge in [-0.05, 0) is 35.9 Å². The number of hydrogen-bond donors (Lipinski definition) is 0. The van der Waals surface area contributed by atoms with Crippen LogP contribution in [-0.2, 0) is 13.0 Å². The molecule has 5 rings (SSSR count). The molecule has 3 aromatic carbocycles. The van der Waals surface area contributed by atoms with Gasteiger partial charge in [0.15, 0.2) is 0 Å². The molecule has 5 aromatic rings. The first kappa shape index (κ1) is 19.1. The molecule has 152 valence electrons. The lowest BCUT2D eigenvalue weighted by Crippen LogP contribution is -2.24. The van der Waals surface area contributed by atoms with Crippen molar-refractivity contribution in [3.05, 3.63) is 107 Å². The minimum atomic E-state index is -0.586. The van der Waals surface area contributed by atoms with Crippen LogP contribution in [0.25, 0.3) is 32.8 Å². The summed E-state index contributed by atoms with van der Waals surface area (Å²) in [6, 6.07) is 20.0. The fourth-order valence-electron chi connectivity index (χ4n) is 3.79. The molecule has 0 aliphatic heterocycles. The van der Waals surface area contributed by atoms with E-state index in [1.807, 2.05) is 36.4 Å². The van der Waals surface area contributed by atoms with Gasteiger partial charge in [0.1, 0.15) is 11.6 Å². The van der Waals surface area contributed by atoms with Gasteiger partial charge in [-0.1, -0.05) is 42.5 Å². The van der Waals surface area contributed by atoms with Crippen molar-refractivity contribution < 1.29 is 8.78 Å². The van der Waals surface area contributed by atoms with Crippen molar-refractivity contribution >= 4 is 21.7 Å². The lowest BCUT2D eigenvalue weighted by Gasteiger charge is -2.10. The second kappa shape index (κ2) is 7.72. The van der Waals surface area contributed by atoms with E-state index < -0.39 is 11.6 Å². The van der Waals surface area contributed by atoms with Gasteiger partial charge in [0, 0.05) is 28.5 Å². The molecule has 0 bridgehead atoms. The molecular weight excluding hydrogens is 396 g/mol. The van der Waals surface area contributed by atoms with Crippen molar-refractivity contribution in [1.82, 2.24) is 14.8 Å². The van der Waals surface area contributed by atoms with E-state index in [0.717, 1.165) is 34.8 Å². The highest BCUT2D eigenvalue weighted by atomic mass is 19.1. The summed E-state index contributed by atoms with van der Waals surface area (Å²) < 4.78 is 29.5. The molecule has 0 saturated heterocycles. The fraction of sp³-hybridized carbons (Fsp3) is 0.0800. The lowest BCUT2D eigenvalue weighted by molar-refractivity contribution is 0.579. The zero-order chi connectivity index (χ0) is 21.4. The lowest BCUT2D eigenvalue weighted by atomic mass is 9.99. The van der Waals surface area contributed by atoms with Crippen molar-refractivity contribution in [2.45, 2.75) is 13.0 Å². The predicted octanol–water partition coefficient (Wildman–Crippen LogP) is 5.13. The highest BCUT2D eigenvalue weighted by Gasteiger charge is 2.14. The van der Waals surface area contributed by atoms with Crippen molar-refractivity contribution in [1.29, 1.82) is 0 Å². The van der Waals surface area contributed by atoms with Gasteiger partial charge in [0.2, 0.25) is 0 Å². The highest BCUT2D eigenvalue weighted by molar-refractivity contribution is 5.95. The van der Waals surface area contributed by atoms with Gasteiger partial charge in [-0.3, -0.25) is 9.78 Å². The Hall–Kier alpha value is -3.93. The summed E-state index contributed by atoms with van der Waals surface area (Å²) in [6.45, 7) is 0.320. The number of pyridine rings is 1. The molecule has 4 nitrogen and oxygen atoms in total. The molecule has 0 atom stereocenters. The fourth-order valence-corrected chi connectivity index (χ4v) is 3.79. The number of fused-ring (bicyclic) bond motifs is 2. The van der Waals surface area contributed by atoms with Crippen LogP contribution in [0.15, 0.2) is 83.8 Å². The average Bonchev–Trinajstić information content (AvgIpc) is 2.80. The van der Waals surface area contributed by atoms with E-state index >= 15 is 0 Å². The van der Waals surface area contributed by atoms with Crippen LogP contribution in [0.4, 0.5) is 8.78 Å². The van der Waals surface area contributed by atoms with Crippen molar-refractivity contribution in [3.8, 4) is 11.1 Å². The topological polar surface area (TPSA) is 47.8 Å². The Labute approximate surface area is 176 Å². The van der Waals surface area contributed by atoms with E-state index in [4.69, 9.17) is 0 Å². The van der Waals surface area contributed by atoms with Gasteiger partial charge in [-0.25, -0.2) is 13.5 Å². The zero-order valence-corrected chi connectivity index (χ0v) is 16.4. The molecule has 0 spiro atoms. The van der Waals surface area contributed by atoms with Gasteiger partial charge < -0.3 is 0 Å². The monoisotopic (exact) mass is 413 g/mol. The van der Waals surface area contributed by atoms with Crippen LogP contribution in [0.3, 0.4) is 0 Å². The van der Waals surface area contributed by atoms with Crippen molar-refractivity contribution in [2.24, 2.45) is 0 Å². The zero-order valence-electron chi connectivity index (χ0n) is 16.4. The van der Waals surface area contributed by atoms with E-state index in [2.05, 4.69) is 10.1 Å². The Kier molecular flexibility index (Phi) is 4.75. The third kappa shape index (κ3) is 3.57. The van der Waals surface area contributed by atoms with Gasteiger partial charge in [-0.15, -0.1) is 0 Å². The summed E-state index contributed by atoms with van der Waals surface area (Å²) in [6.07, 6.45) is 2.09. The number of halogens is 2. The van der Waals surface area contributed by atoms with Crippen LogP contribution in [-0.4, -0.2) is 14.8 Å². The van der Waals surface area contributed by atoms with Crippen LogP contribution in [0.2, 0.25) is 0 Å². The first-order valence-corrected chi connectivity index (χ1v) is 9.89. The Morgan fingerprint density at radius 2 is 1.68 bits per heavy atom. The van der Waals surface area contributed by atoms with Crippen LogP contribution >= 0.6 is 0 Å². The first-order valence-electron chi connectivity index (χ1n) is 9.89. The van der Waals surface area contributed by atoms with Crippen LogP contribution in [0, 0.1) is 11.6 Å². The van der Waals surface area contributed by atoms with Gasteiger partial charge in [0.05, 0.1) is 23.6 Å². The number of nitrogens with zero attached hydrogens (tertiary/aromatic N) is 3. The molecule has 2 aromatic heterocycles. The maximum atomic E-state index is 14.4. The summed E-state index contributed by atoms with van der Waals surface area (Å²) in [5.74, 6) is -1.15. The molecule has 0 aliphatic rings. The smallest absolute Gasteiger partial charge is 0.267 e. The number of benzene rings is 3. The van der Waals surface area contributed by atoms with Crippen LogP contribution < -0.4 is 5.56 Å². The Morgan fingerprint density at radius 1 is 0.839 bits per heavy atom. The second-order valence-electron chi connectivity index (χ2n) is 7.31. The van der Waals surface area contributed by atoms with E-state index in [1.54, 1.807) is 24.4 Å². The number of para-hydroxylation sites is 1. The normalized spacial score (nSPS) is 11.3. The maximum Gasteiger partial charge on any atom is 0.275 e. The molecular formula is C25H17F2N3O. The van der Waals surface area contributed by atoms with E-state index in [0.29, 0.717) is 29.3 Å². The van der Waals surface area contributed by atoms with Gasteiger partial charge in [-0.2, -0.15) is 5.10 Å². The summed E-state index contributed by atoms with van der Waals surface area (Å²) in [4.78, 5) is 17.9. The second-order valence-corrected chi connectivity index (χ2v) is 7.31. The van der Waals surface area contributed by atoms with Crippen molar-refractivity contribution in [3.63, 3.8) is 0 Å². The summed E-state index contributed by atoms with van der Waals surface area (Å²) in [5, 5.41) is 6.21. The largest absolute Gasteiger partial charge is 0.275 e. The van der Waals surface area contributed by atoms with Crippen molar-refractivity contribution in [2.75, 3.05) is 0 Å². The Balaban J connectivity index is 1.55. The summed E-state index contributed by atoms with van der Waals surface area (Å²) in [7, 11) is 0. The minimum Gasteiger partial charge on any atom is -0.267 e. The third-order valence-corrected chi connectivity index (χ3v) is 5.34. The predicted molar refractivity (Wildman–Crippen MR) is 117 cm³/mol. The highest BCUT2D eigenvalue weighted by Crippen LogP contribution is 2.28. The standard InChI is InChI=1S/C25H17F2N3O/c26-18-9-11-22(27)21(14-18)20-6-3-5-17-15-28-30(25(31)24(17)20)13-12-19-10-8-16-4-1-2-7-23(16)29-19/h1-11,14-15H,12-13H2. The number of rotatable bonds is 4. The number of hydrogen-bond acceptors (Lipinski definition) is 3. The van der Waals surface area contributed by atoms with Crippen LogP contribution in [0.1, 0.15) is 5.69 Å². The van der Waals surface area contributed by atoms with Gasteiger partial charge >= 0.3 is 0 Å². The minimum absolute atomic E-state index is 0.0524. The molecule has 0 aliphatic carbocycles. The first-order chi connectivity index (χ1) is 15.1. The molecule has 0 N–H and O–H groups in total. The Bertz CT molecular complexity index is 1490. The molecule has 31 heavy (non-hydrogen) atoms. The molecule has 2 heterocycles. The van der Waals surface area contributed by atoms with Gasteiger partial charge in [0.25, 0.3) is 5.56 Å². The quantitative estimate of drug-likeness (QED) is 0.410. The van der Waals surface area contributed by atoms with E-state index in [9.17, 15) is 13.6 Å². The average molecular weight is 413 g/mol.